The van der Waals surface area contributed by atoms with Crippen LogP contribution in [0.1, 0.15) is 52.9 Å². The summed E-state index contributed by atoms with van der Waals surface area (Å²) in [6, 6.07) is 10.5. The largest absolute Gasteiger partial charge is 0.459 e. The average molecular weight is 411 g/mol. The molecule has 162 valence electrons. The SMILES string of the molecule is Cc1ccccc1CN1CCC(CN(C[C@H]2CCCO2)C(=O)c2occc2C)CC1. The molecule has 1 aromatic heterocycles. The molecule has 1 amide bonds. The molecule has 2 aliphatic rings. The molecule has 2 fully saturated rings. The minimum absolute atomic E-state index is 0.00957. The van der Waals surface area contributed by atoms with Crippen molar-refractivity contribution < 1.29 is 13.9 Å². The number of furan rings is 1. The lowest BCUT2D eigenvalue weighted by atomic mass is 9.95. The van der Waals surface area contributed by atoms with Gasteiger partial charge < -0.3 is 14.1 Å². The number of benzene rings is 1. The maximum Gasteiger partial charge on any atom is 0.289 e. The second kappa shape index (κ2) is 9.80. The average Bonchev–Trinajstić information content (AvgIpc) is 3.42. The lowest BCUT2D eigenvalue weighted by molar-refractivity contribution is 0.0422. The smallest absolute Gasteiger partial charge is 0.289 e. The Morgan fingerprint density at radius 3 is 2.53 bits per heavy atom. The van der Waals surface area contributed by atoms with E-state index < -0.39 is 0 Å². The lowest BCUT2D eigenvalue weighted by Crippen LogP contribution is -2.43. The van der Waals surface area contributed by atoms with Gasteiger partial charge in [0.2, 0.25) is 0 Å². The van der Waals surface area contributed by atoms with Crippen molar-refractivity contribution in [3.63, 3.8) is 0 Å². The Bertz CT molecular complexity index is 832. The van der Waals surface area contributed by atoms with Crippen molar-refractivity contribution in [1.82, 2.24) is 9.80 Å². The Morgan fingerprint density at radius 1 is 1.07 bits per heavy atom. The van der Waals surface area contributed by atoms with Crippen molar-refractivity contribution in [2.75, 3.05) is 32.8 Å². The molecule has 30 heavy (non-hydrogen) atoms. The van der Waals surface area contributed by atoms with E-state index in [1.807, 2.05) is 17.9 Å². The number of hydrogen-bond donors (Lipinski definition) is 0. The topological polar surface area (TPSA) is 45.9 Å². The molecule has 0 unspecified atom stereocenters. The van der Waals surface area contributed by atoms with E-state index in [9.17, 15) is 4.79 Å². The Hall–Kier alpha value is -2.11. The van der Waals surface area contributed by atoms with Gasteiger partial charge in [-0.1, -0.05) is 24.3 Å². The maximum atomic E-state index is 13.2. The van der Waals surface area contributed by atoms with Gasteiger partial charge >= 0.3 is 0 Å². The van der Waals surface area contributed by atoms with Crippen LogP contribution in [-0.2, 0) is 11.3 Å². The molecular weight excluding hydrogens is 376 g/mol. The molecule has 2 saturated heterocycles. The fourth-order valence-electron chi connectivity index (χ4n) is 4.68. The quantitative estimate of drug-likeness (QED) is 0.677. The van der Waals surface area contributed by atoms with Gasteiger partial charge in [-0.2, -0.15) is 0 Å². The molecule has 0 saturated carbocycles. The lowest BCUT2D eigenvalue weighted by Gasteiger charge is -2.35. The van der Waals surface area contributed by atoms with Crippen LogP contribution >= 0.6 is 0 Å². The zero-order chi connectivity index (χ0) is 20.9. The number of likely N-dealkylation sites (tertiary alicyclic amines) is 1. The zero-order valence-electron chi connectivity index (χ0n) is 18.3. The molecule has 3 heterocycles. The number of carbonyl (C=O) groups excluding carboxylic acids is 1. The van der Waals surface area contributed by atoms with E-state index >= 15 is 0 Å². The number of ether oxygens (including phenoxy) is 1. The van der Waals surface area contributed by atoms with Crippen molar-refractivity contribution in [1.29, 1.82) is 0 Å². The summed E-state index contributed by atoms with van der Waals surface area (Å²) in [4.78, 5) is 17.7. The van der Waals surface area contributed by atoms with Crippen molar-refractivity contribution in [3.05, 3.63) is 59.0 Å². The van der Waals surface area contributed by atoms with Crippen molar-refractivity contribution in [2.45, 2.75) is 52.2 Å². The van der Waals surface area contributed by atoms with Crippen LogP contribution in [0, 0.1) is 19.8 Å². The van der Waals surface area contributed by atoms with E-state index in [2.05, 4.69) is 36.1 Å². The summed E-state index contributed by atoms with van der Waals surface area (Å²) in [7, 11) is 0. The monoisotopic (exact) mass is 410 g/mol. The van der Waals surface area contributed by atoms with E-state index in [1.165, 1.54) is 11.1 Å². The van der Waals surface area contributed by atoms with Crippen molar-refractivity contribution >= 4 is 5.91 Å². The van der Waals surface area contributed by atoms with E-state index in [4.69, 9.17) is 9.15 Å². The van der Waals surface area contributed by atoms with Crippen LogP contribution in [0.15, 0.2) is 41.0 Å². The third kappa shape index (κ3) is 5.13. The van der Waals surface area contributed by atoms with Crippen LogP contribution in [0.2, 0.25) is 0 Å². The Kier molecular flexibility index (Phi) is 6.90. The molecule has 0 radical (unpaired) electrons. The number of aryl methyl sites for hydroxylation is 2. The van der Waals surface area contributed by atoms with E-state index in [0.29, 0.717) is 18.2 Å². The first-order valence-electron chi connectivity index (χ1n) is 11.3. The number of rotatable bonds is 7. The van der Waals surface area contributed by atoms with Crippen molar-refractivity contribution in [2.24, 2.45) is 5.92 Å². The summed E-state index contributed by atoms with van der Waals surface area (Å²) in [6.07, 6.45) is 6.14. The number of hydrogen-bond acceptors (Lipinski definition) is 4. The van der Waals surface area contributed by atoms with Gasteiger partial charge in [0.05, 0.1) is 12.4 Å². The molecule has 0 spiro atoms. The third-order valence-corrected chi connectivity index (χ3v) is 6.63. The highest BCUT2D eigenvalue weighted by Crippen LogP contribution is 2.24. The van der Waals surface area contributed by atoms with Gasteiger partial charge in [0, 0.05) is 31.8 Å². The number of amides is 1. The second-order valence-corrected chi connectivity index (χ2v) is 8.92. The highest BCUT2D eigenvalue weighted by Gasteiger charge is 2.29. The first-order chi connectivity index (χ1) is 14.6. The summed E-state index contributed by atoms with van der Waals surface area (Å²) in [5.41, 5.74) is 3.69. The Labute approximate surface area is 180 Å². The van der Waals surface area contributed by atoms with E-state index in [-0.39, 0.29) is 12.0 Å². The molecule has 0 N–H and O–H groups in total. The first-order valence-corrected chi connectivity index (χ1v) is 11.3. The van der Waals surface area contributed by atoms with Crippen LogP contribution in [0.3, 0.4) is 0 Å². The summed E-state index contributed by atoms with van der Waals surface area (Å²) >= 11 is 0. The summed E-state index contributed by atoms with van der Waals surface area (Å²) in [5.74, 6) is 1.01. The molecule has 2 aromatic rings. The highest BCUT2D eigenvalue weighted by molar-refractivity contribution is 5.92. The van der Waals surface area contributed by atoms with Gasteiger partial charge in [-0.05, 0) is 75.7 Å². The minimum Gasteiger partial charge on any atom is -0.459 e. The molecule has 4 rings (SSSR count). The molecule has 0 bridgehead atoms. The summed E-state index contributed by atoms with van der Waals surface area (Å²) < 4.78 is 11.3. The number of piperidine rings is 1. The molecule has 5 heteroatoms. The van der Waals surface area contributed by atoms with Crippen molar-refractivity contribution in [3.8, 4) is 0 Å². The van der Waals surface area contributed by atoms with Crippen LogP contribution in [0.25, 0.3) is 0 Å². The second-order valence-electron chi connectivity index (χ2n) is 8.92. The van der Waals surface area contributed by atoms with Crippen LogP contribution in [-0.4, -0.2) is 54.6 Å². The van der Waals surface area contributed by atoms with Gasteiger partial charge in [0.25, 0.3) is 5.91 Å². The third-order valence-electron chi connectivity index (χ3n) is 6.63. The maximum absolute atomic E-state index is 13.2. The molecule has 1 aromatic carbocycles. The van der Waals surface area contributed by atoms with Crippen LogP contribution in [0.5, 0.6) is 0 Å². The van der Waals surface area contributed by atoms with Gasteiger partial charge in [0.15, 0.2) is 5.76 Å². The molecule has 1 atom stereocenters. The molecule has 5 nitrogen and oxygen atoms in total. The molecule has 2 aliphatic heterocycles. The Balaban J connectivity index is 1.35. The van der Waals surface area contributed by atoms with Gasteiger partial charge in [0.1, 0.15) is 0 Å². The zero-order valence-corrected chi connectivity index (χ0v) is 18.3. The van der Waals surface area contributed by atoms with Gasteiger partial charge in [-0.3, -0.25) is 9.69 Å². The van der Waals surface area contributed by atoms with Gasteiger partial charge in [-0.15, -0.1) is 0 Å². The normalized spacial score (nSPS) is 20.5. The molecule has 0 aliphatic carbocycles. The Morgan fingerprint density at radius 2 is 1.87 bits per heavy atom. The first kappa shape index (κ1) is 21.1. The van der Waals surface area contributed by atoms with Crippen LogP contribution < -0.4 is 0 Å². The summed E-state index contributed by atoms with van der Waals surface area (Å²) in [5, 5.41) is 0. The van der Waals surface area contributed by atoms with Gasteiger partial charge in [-0.25, -0.2) is 0 Å². The standard InChI is InChI=1S/C25H34N2O3/c1-19-6-3-4-7-22(19)17-26-12-9-21(10-13-26)16-27(18-23-8-5-14-29-23)25(28)24-20(2)11-15-30-24/h3-4,6-7,11,15,21,23H,5,8-10,12-14,16-18H2,1-2H3/t23-/m1/s1. The van der Waals surface area contributed by atoms with E-state index in [0.717, 1.165) is 64.0 Å². The van der Waals surface area contributed by atoms with Crippen LogP contribution in [0.4, 0.5) is 0 Å². The number of nitrogens with zero attached hydrogens (tertiary/aromatic N) is 2. The van der Waals surface area contributed by atoms with E-state index in [1.54, 1.807) is 6.26 Å². The minimum atomic E-state index is 0.00957. The summed E-state index contributed by atoms with van der Waals surface area (Å²) in [6.45, 7) is 9.58. The highest BCUT2D eigenvalue weighted by atomic mass is 16.5. The predicted octanol–water partition coefficient (Wildman–Crippen LogP) is 4.43. The predicted molar refractivity (Wildman–Crippen MR) is 118 cm³/mol. The number of carbonyl (C=O) groups is 1. The fraction of sp³-hybridized carbons (Fsp3) is 0.560. The molecular formula is C25H34N2O3. The fourth-order valence-corrected chi connectivity index (χ4v) is 4.68.